The second-order valence-electron chi connectivity index (χ2n) is 9.62. The van der Waals surface area contributed by atoms with Gasteiger partial charge in [0.25, 0.3) is 5.91 Å². The van der Waals surface area contributed by atoms with Gasteiger partial charge in [0.05, 0.1) is 5.56 Å². The van der Waals surface area contributed by atoms with Crippen LogP contribution in [0.1, 0.15) is 65.6 Å². The van der Waals surface area contributed by atoms with Crippen molar-refractivity contribution in [3.8, 4) is 0 Å². The number of nitrogens with zero attached hydrogens (tertiary/aromatic N) is 2. The van der Waals surface area contributed by atoms with Gasteiger partial charge in [-0.15, -0.1) is 0 Å². The summed E-state index contributed by atoms with van der Waals surface area (Å²) < 4.78 is 20.7. The Hall–Kier alpha value is -3.50. The molecule has 4 aliphatic rings. The third kappa shape index (κ3) is 4.23. The van der Waals surface area contributed by atoms with Gasteiger partial charge in [0, 0.05) is 56.9 Å². The van der Waals surface area contributed by atoms with Gasteiger partial charge < -0.3 is 19.9 Å². The summed E-state index contributed by atoms with van der Waals surface area (Å²) in [7, 11) is 0. The van der Waals surface area contributed by atoms with Crippen LogP contribution in [0.15, 0.2) is 6.07 Å². The average Bonchev–Trinajstić information content (AvgIpc) is 3.35. The summed E-state index contributed by atoms with van der Waals surface area (Å²) in [4.78, 5) is 63.9. The quantitative estimate of drug-likeness (QED) is 0.604. The molecule has 35 heavy (non-hydrogen) atoms. The molecule has 1 unspecified atom stereocenters. The van der Waals surface area contributed by atoms with Gasteiger partial charge in [0.15, 0.2) is 0 Å². The maximum Gasteiger partial charge on any atom is 0.407 e. The van der Waals surface area contributed by atoms with Crippen molar-refractivity contribution in [3.63, 3.8) is 0 Å². The maximum atomic E-state index is 15.3. The zero-order chi connectivity index (χ0) is 24.9. The fourth-order valence-corrected chi connectivity index (χ4v) is 5.38. The highest BCUT2D eigenvalue weighted by Crippen LogP contribution is 2.34. The number of nitrogens with one attached hydrogen (secondary N) is 2. The van der Waals surface area contributed by atoms with Crippen LogP contribution in [0.2, 0.25) is 0 Å². The van der Waals surface area contributed by atoms with E-state index >= 15 is 4.39 Å². The van der Waals surface area contributed by atoms with E-state index in [0.717, 1.165) is 13.0 Å². The number of amides is 5. The minimum atomic E-state index is -0.829. The molecule has 5 rings (SSSR count). The van der Waals surface area contributed by atoms with E-state index in [9.17, 15) is 24.0 Å². The highest BCUT2D eigenvalue weighted by atomic mass is 19.1. The van der Waals surface area contributed by atoms with E-state index < -0.39 is 29.8 Å². The van der Waals surface area contributed by atoms with Crippen LogP contribution < -0.4 is 10.6 Å². The molecule has 2 N–H and O–H groups in total. The number of carbonyl (C=O) groups excluding carboxylic acids is 5. The number of carbonyl (C=O) groups is 5. The Morgan fingerprint density at radius 3 is 2.66 bits per heavy atom. The number of aryl methyl sites for hydroxylation is 1. The van der Waals surface area contributed by atoms with Crippen LogP contribution in [0, 0.1) is 12.7 Å². The molecule has 3 aliphatic heterocycles. The van der Waals surface area contributed by atoms with Crippen LogP contribution in [0.5, 0.6) is 0 Å². The van der Waals surface area contributed by atoms with Crippen LogP contribution >= 0.6 is 0 Å². The van der Waals surface area contributed by atoms with Gasteiger partial charge in [0.1, 0.15) is 18.0 Å². The summed E-state index contributed by atoms with van der Waals surface area (Å²) in [6.07, 6.45) is 1.96. The summed E-state index contributed by atoms with van der Waals surface area (Å²) in [6, 6.07) is 0.858. The van der Waals surface area contributed by atoms with E-state index in [2.05, 4.69) is 10.6 Å². The van der Waals surface area contributed by atoms with Crippen molar-refractivity contribution >= 4 is 29.7 Å². The molecule has 5 amide bonds. The molecule has 0 aromatic heterocycles. The van der Waals surface area contributed by atoms with Crippen LogP contribution in [-0.2, 0) is 32.2 Å². The number of likely N-dealkylation sites (tertiary alicyclic amines) is 1. The highest BCUT2D eigenvalue weighted by molar-refractivity contribution is 6.05. The standard InChI is InChI=1S/C24H27FN4O6/c1-12-7-13(10-26-24(34)35-15-8-14(9-15)28-6-2-3-19(28)31)21(25)20-16(12)11-29(23(20)33)17-4-5-18(30)27-22(17)32/h7,14-15,17H,2-6,8-11H2,1H3,(H,26,34)(H,27,30,32). The molecule has 1 atom stereocenters. The van der Waals surface area contributed by atoms with E-state index in [1.54, 1.807) is 13.0 Å². The first-order valence-electron chi connectivity index (χ1n) is 11.9. The lowest BCUT2D eigenvalue weighted by Gasteiger charge is -2.40. The zero-order valence-electron chi connectivity index (χ0n) is 19.4. The van der Waals surface area contributed by atoms with Crippen LogP contribution in [0.25, 0.3) is 0 Å². The number of imide groups is 1. The highest BCUT2D eigenvalue weighted by Gasteiger charge is 2.42. The second kappa shape index (κ2) is 8.94. The number of benzene rings is 1. The maximum absolute atomic E-state index is 15.3. The first kappa shape index (κ1) is 23.3. The molecule has 10 nitrogen and oxygen atoms in total. The smallest absolute Gasteiger partial charge is 0.407 e. The van der Waals surface area contributed by atoms with E-state index in [1.807, 2.05) is 4.90 Å². The number of alkyl carbamates (subject to hydrolysis) is 1. The van der Waals surface area contributed by atoms with Gasteiger partial charge in [-0.25, -0.2) is 9.18 Å². The first-order chi connectivity index (χ1) is 16.7. The molecule has 3 fully saturated rings. The molecule has 1 aromatic carbocycles. The predicted octanol–water partition coefficient (Wildman–Crippen LogP) is 1.27. The second-order valence-corrected chi connectivity index (χ2v) is 9.62. The zero-order valence-corrected chi connectivity index (χ0v) is 19.4. The predicted molar refractivity (Wildman–Crippen MR) is 118 cm³/mol. The van der Waals surface area contributed by atoms with Crippen molar-refractivity contribution in [2.24, 2.45) is 0 Å². The van der Waals surface area contributed by atoms with Crippen molar-refractivity contribution in [2.75, 3.05) is 6.54 Å². The normalized spacial score (nSPS) is 25.9. The summed E-state index contributed by atoms with van der Waals surface area (Å²) in [6.45, 7) is 2.42. The van der Waals surface area contributed by atoms with E-state index in [0.29, 0.717) is 30.4 Å². The summed E-state index contributed by atoms with van der Waals surface area (Å²) >= 11 is 0. The lowest BCUT2D eigenvalue weighted by molar-refractivity contribution is -0.137. The molecule has 2 saturated heterocycles. The molecule has 0 radical (unpaired) electrons. The number of rotatable bonds is 5. The number of hydrogen-bond donors (Lipinski definition) is 2. The summed E-state index contributed by atoms with van der Waals surface area (Å²) in [5, 5.41) is 4.77. The molecule has 3 heterocycles. The van der Waals surface area contributed by atoms with Crippen molar-refractivity contribution in [2.45, 2.75) is 76.7 Å². The van der Waals surface area contributed by atoms with Gasteiger partial charge in [-0.1, -0.05) is 6.07 Å². The van der Waals surface area contributed by atoms with Crippen molar-refractivity contribution < 1.29 is 33.1 Å². The number of piperidine rings is 1. The Morgan fingerprint density at radius 2 is 1.97 bits per heavy atom. The van der Waals surface area contributed by atoms with Crippen LogP contribution in [-0.4, -0.2) is 64.3 Å². The topological polar surface area (TPSA) is 125 Å². The molecule has 186 valence electrons. The van der Waals surface area contributed by atoms with Crippen molar-refractivity contribution in [1.82, 2.24) is 20.4 Å². The molecular weight excluding hydrogens is 459 g/mol. The fourth-order valence-electron chi connectivity index (χ4n) is 5.38. The molecule has 1 saturated carbocycles. The largest absolute Gasteiger partial charge is 0.446 e. The SMILES string of the molecule is Cc1cc(CNC(=O)OC2CC(N3CCCC3=O)C2)c(F)c2c1CN(C1CCC(=O)NC1=O)C2=O. The third-order valence-corrected chi connectivity index (χ3v) is 7.38. The van der Waals surface area contributed by atoms with Crippen molar-refractivity contribution in [1.29, 1.82) is 0 Å². The number of halogens is 1. The molecule has 11 heteroatoms. The Balaban J connectivity index is 1.19. The Labute approximate surface area is 201 Å². The Bertz CT molecular complexity index is 1130. The molecular formula is C24H27FN4O6. The first-order valence-corrected chi connectivity index (χ1v) is 11.9. The molecule has 0 spiro atoms. The fraction of sp³-hybridized carbons (Fsp3) is 0.542. The lowest BCUT2D eigenvalue weighted by atomic mass is 9.88. The van der Waals surface area contributed by atoms with Crippen LogP contribution in [0.3, 0.4) is 0 Å². The monoisotopic (exact) mass is 486 g/mol. The summed E-state index contributed by atoms with van der Waals surface area (Å²) in [5.74, 6) is -2.14. The Kier molecular flexibility index (Phi) is 5.94. The number of fused-ring (bicyclic) bond motifs is 1. The minimum absolute atomic E-state index is 0.0846. The van der Waals surface area contributed by atoms with E-state index in [-0.39, 0.29) is 61.0 Å². The van der Waals surface area contributed by atoms with Gasteiger partial charge in [-0.2, -0.15) is 0 Å². The van der Waals surface area contributed by atoms with E-state index in [4.69, 9.17) is 4.74 Å². The van der Waals surface area contributed by atoms with E-state index in [1.165, 1.54) is 4.90 Å². The summed E-state index contributed by atoms with van der Waals surface area (Å²) in [5.41, 5.74) is 1.22. The van der Waals surface area contributed by atoms with Gasteiger partial charge in [0.2, 0.25) is 17.7 Å². The average molecular weight is 487 g/mol. The number of hydrogen-bond acceptors (Lipinski definition) is 6. The number of ether oxygens (including phenoxy) is 1. The molecule has 1 aromatic rings. The lowest BCUT2D eigenvalue weighted by Crippen LogP contribution is -2.52. The molecule has 1 aliphatic carbocycles. The van der Waals surface area contributed by atoms with Gasteiger partial charge >= 0.3 is 6.09 Å². The minimum Gasteiger partial charge on any atom is -0.446 e. The van der Waals surface area contributed by atoms with Crippen LogP contribution in [0.4, 0.5) is 9.18 Å². The third-order valence-electron chi connectivity index (χ3n) is 7.38. The van der Waals surface area contributed by atoms with Crippen molar-refractivity contribution in [3.05, 3.63) is 34.1 Å². The van der Waals surface area contributed by atoms with Gasteiger partial charge in [-0.05, 0) is 30.9 Å². The van der Waals surface area contributed by atoms with Gasteiger partial charge in [-0.3, -0.25) is 24.5 Å². The molecule has 0 bridgehead atoms. The Morgan fingerprint density at radius 1 is 1.20 bits per heavy atom.